The van der Waals surface area contributed by atoms with Crippen LogP contribution in [0.5, 0.6) is 0 Å². The lowest BCUT2D eigenvalue weighted by Crippen LogP contribution is -2.37. The number of amides is 1. The monoisotopic (exact) mass is 243 g/mol. The molecule has 2 unspecified atom stereocenters. The fourth-order valence-electron chi connectivity index (χ4n) is 1.57. The molecule has 0 heterocycles. The van der Waals surface area contributed by atoms with Gasteiger partial charge in [0.2, 0.25) is 5.91 Å². The molecule has 0 aliphatic heterocycles. The Morgan fingerprint density at radius 3 is 2.59 bits per heavy atom. The molecule has 0 fully saturated rings. The van der Waals surface area contributed by atoms with Crippen molar-refractivity contribution in [2.75, 3.05) is 6.54 Å². The maximum Gasteiger partial charge on any atom is 0.223 e. The van der Waals surface area contributed by atoms with Crippen molar-refractivity contribution in [3.8, 4) is 0 Å². The molecule has 0 bridgehead atoms. The van der Waals surface area contributed by atoms with Crippen molar-refractivity contribution in [3.05, 3.63) is 0 Å². The zero-order valence-corrected chi connectivity index (χ0v) is 11.1. The van der Waals surface area contributed by atoms with Crippen molar-refractivity contribution in [1.82, 2.24) is 5.32 Å². The molecule has 0 aromatic rings. The normalized spacial score (nSPS) is 15.4. The number of carbonyl (C=O) groups excluding carboxylic acids is 1. The number of carbonyl (C=O) groups is 1. The minimum atomic E-state index is -0.146. The lowest BCUT2D eigenvalue weighted by atomic mass is 9.98. The first kappa shape index (κ1) is 15.7. The van der Waals surface area contributed by atoms with Gasteiger partial charge in [-0.15, -0.1) is 0 Å². The summed E-state index contributed by atoms with van der Waals surface area (Å²) >= 11 is 0. The van der Waals surface area contributed by atoms with Gasteiger partial charge in [-0.3, -0.25) is 4.79 Å². The molecule has 0 aliphatic rings. The molecular weight excluding hydrogens is 218 g/mol. The van der Waals surface area contributed by atoms with Gasteiger partial charge in [0.05, 0.1) is 0 Å². The Balaban J connectivity index is 4.06. The van der Waals surface area contributed by atoms with Crippen molar-refractivity contribution in [3.63, 3.8) is 0 Å². The molecule has 0 saturated carbocycles. The van der Waals surface area contributed by atoms with Crippen LogP contribution in [-0.2, 0) is 4.79 Å². The molecule has 2 atom stereocenters. The first-order chi connectivity index (χ1) is 8.06. The number of oxime groups is 1. The molecule has 0 spiro atoms. The average Bonchev–Trinajstić information content (AvgIpc) is 2.35. The van der Waals surface area contributed by atoms with Crippen LogP contribution >= 0.6 is 0 Å². The van der Waals surface area contributed by atoms with Gasteiger partial charge in [0, 0.05) is 18.4 Å². The zero-order valence-electron chi connectivity index (χ0n) is 11.1. The van der Waals surface area contributed by atoms with Crippen LogP contribution in [0.2, 0.25) is 0 Å². The Kier molecular flexibility index (Phi) is 8.19. The Hall–Kier alpha value is -1.26. The predicted octanol–water partition coefficient (Wildman–Crippen LogP) is 1.70. The third-order valence-electron chi connectivity index (χ3n) is 2.97. The summed E-state index contributed by atoms with van der Waals surface area (Å²) in [7, 11) is 0. The molecular formula is C12H25N3O2. The highest BCUT2D eigenvalue weighted by Gasteiger charge is 2.17. The average molecular weight is 243 g/mol. The van der Waals surface area contributed by atoms with E-state index in [1.807, 2.05) is 13.8 Å². The summed E-state index contributed by atoms with van der Waals surface area (Å²) in [5.74, 6) is 0.146. The summed E-state index contributed by atoms with van der Waals surface area (Å²) in [5, 5.41) is 14.3. The maximum absolute atomic E-state index is 11.8. The highest BCUT2D eigenvalue weighted by molar-refractivity contribution is 5.83. The Morgan fingerprint density at radius 2 is 2.12 bits per heavy atom. The number of hydrogen-bond acceptors (Lipinski definition) is 3. The third kappa shape index (κ3) is 6.14. The molecule has 17 heavy (non-hydrogen) atoms. The van der Waals surface area contributed by atoms with E-state index in [4.69, 9.17) is 10.9 Å². The SMILES string of the molecule is CCCCC(CC)C(=O)NCC(C)C(N)=NO. The predicted molar refractivity (Wildman–Crippen MR) is 68.9 cm³/mol. The van der Waals surface area contributed by atoms with Crippen molar-refractivity contribution >= 4 is 11.7 Å². The second-order valence-corrected chi connectivity index (χ2v) is 4.42. The van der Waals surface area contributed by atoms with Crippen molar-refractivity contribution < 1.29 is 10.0 Å². The summed E-state index contributed by atoms with van der Waals surface area (Å²) in [5.41, 5.74) is 5.44. The fourth-order valence-corrected chi connectivity index (χ4v) is 1.57. The molecule has 0 saturated heterocycles. The van der Waals surface area contributed by atoms with Crippen LogP contribution in [0.3, 0.4) is 0 Å². The highest BCUT2D eigenvalue weighted by Crippen LogP contribution is 2.12. The van der Waals surface area contributed by atoms with Gasteiger partial charge in [-0.2, -0.15) is 0 Å². The van der Waals surface area contributed by atoms with Gasteiger partial charge in [0.1, 0.15) is 5.84 Å². The number of amidine groups is 1. The summed E-state index contributed by atoms with van der Waals surface area (Å²) in [6, 6.07) is 0. The Morgan fingerprint density at radius 1 is 1.47 bits per heavy atom. The Bertz CT molecular complexity index is 254. The van der Waals surface area contributed by atoms with Gasteiger partial charge in [0.25, 0.3) is 0 Å². The van der Waals surface area contributed by atoms with E-state index in [0.717, 1.165) is 25.7 Å². The summed E-state index contributed by atoms with van der Waals surface area (Å²) in [6.45, 7) is 6.36. The number of unbranched alkanes of at least 4 members (excludes halogenated alkanes) is 1. The molecule has 1 amide bonds. The molecule has 4 N–H and O–H groups in total. The van der Waals surface area contributed by atoms with Gasteiger partial charge in [0.15, 0.2) is 0 Å². The van der Waals surface area contributed by atoms with Crippen LogP contribution in [0.15, 0.2) is 5.16 Å². The van der Waals surface area contributed by atoms with Gasteiger partial charge >= 0.3 is 0 Å². The van der Waals surface area contributed by atoms with E-state index in [1.54, 1.807) is 0 Å². The molecule has 100 valence electrons. The smallest absolute Gasteiger partial charge is 0.223 e. The second-order valence-electron chi connectivity index (χ2n) is 4.42. The van der Waals surface area contributed by atoms with Crippen LogP contribution in [0.1, 0.15) is 46.5 Å². The molecule has 0 aromatic carbocycles. The standard InChI is InChI=1S/C12H25N3O2/c1-4-6-7-10(5-2)12(16)14-8-9(3)11(13)15-17/h9-10,17H,4-8H2,1-3H3,(H2,13,15)(H,14,16). The van der Waals surface area contributed by atoms with Gasteiger partial charge in [-0.05, 0) is 12.8 Å². The van der Waals surface area contributed by atoms with Crippen molar-refractivity contribution in [2.24, 2.45) is 22.7 Å². The second kappa shape index (κ2) is 8.84. The first-order valence-electron chi connectivity index (χ1n) is 6.31. The number of rotatable bonds is 8. The van der Waals surface area contributed by atoms with Gasteiger partial charge in [-0.1, -0.05) is 38.8 Å². The maximum atomic E-state index is 11.8. The van der Waals surface area contributed by atoms with Gasteiger partial charge in [-0.25, -0.2) is 0 Å². The number of nitrogens with zero attached hydrogens (tertiary/aromatic N) is 1. The van der Waals surface area contributed by atoms with E-state index in [2.05, 4.69) is 17.4 Å². The van der Waals surface area contributed by atoms with Crippen LogP contribution in [0.25, 0.3) is 0 Å². The fraction of sp³-hybridized carbons (Fsp3) is 0.833. The molecule has 0 aromatic heterocycles. The molecule has 5 heteroatoms. The van der Waals surface area contributed by atoms with Gasteiger partial charge < -0.3 is 16.3 Å². The van der Waals surface area contributed by atoms with Crippen LogP contribution in [0, 0.1) is 11.8 Å². The molecule has 0 radical (unpaired) electrons. The number of hydrogen-bond donors (Lipinski definition) is 3. The van der Waals surface area contributed by atoms with Crippen LogP contribution in [0.4, 0.5) is 0 Å². The number of nitrogens with one attached hydrogen (secondary N) is 1. The van der Waals surface area contributed by atoms with E-state index >= 15 is 0 Å². The lowest BCUT2D eigenvalue weighted by Gasteiger charge is -2.16. The van der Waals surface area contributed by atoms with E-state index in [-0.39, 0.29) is 23.6 Å². The van der Waals surface area contributed by atoms with E-state index in [0.29, 0.717) is 6.54 Å². The zero-order chi connectivity index (χ0) is 13.3. The van der Waals surface area contributed by atoms with Crippen molar-refractivity contribution in [1.29, 1.82) is 0 Å². The number of nitrogens with two attached hydrogens (primary N) is 1. The largest absolute Gasteiger partial charge is 0.409 e. The summed E-state index contributed by atoms with van der Waals surface area (Å²) in [6.07, 6.45) is 3.95. The molecule has 0 rings (SSSR count). The molecule has 5 nitrogen and oxygen atoms in total. The summed E-state index contributed by atoms with van der Waals surface area (Å²) in [4.78, 5) is 11.8. The minimum Gasteiger partial charge on any atom is -0.409 e. The van der Waals surface area contributed by atoms with Crippen LogP contribution in [-0.4, -0.2) is 23.5 Å². The first-order valence-corrected chi connectivity index (χ1v) is 6.31. The molecule has 0 aliphatic carbocycles. The van der Waals surface area contributed by atoms with Crippen molar-refractivity contribution in [2.45, 2.75) is 46.5 Å². The lowest BCUT2D eigenvalue weighted by molar-refractivity contribution is -0.125. The van der Waals surface area contributed by atoms with E-state index in [9.17, 15) is 4.79 Å². The minimum absolute atomic E-state index is 0.0681. The summed E-state index contributed by atoms with van der Waals surface area (Å²) < 4.78 is 0. The highest BCUT2D eigenvalue weighted by atomic mass is 16.4. The third-order valence-corrected chi connectivity index (χ3v) is 2.97. The van der Waals surface area contributed by atoms with E-state index < -0.39 is 0 Å². The van der Waals surface area contributed by atoms with Crippen LogP contribution < -0.4 is 11.1 Å². The quantitative estimate of drug-likeness (QED) is 0.262. The topological polar surface area (TPSA) is 87.7 Å². The Labute approximate surface area is 103 Å². The van der Waals surface area contributed by atoms with E-state index in [1.165, 1.54) is 0 Å².